The van der Waals surface area contributed by atoms with E-state index < -0.39 is 0 Å². The van der Waals surface area contributed by atoms with Crippen LogP contribution in [0.1, 0.15) is 13.8 Å². The van der Waals surface area contributed by atoms with Crippen molar-refractivity contribution in [3.05, 3.63) is 0 Å². The van der Waals surface area contributed by atoms with Crippen LogP contribution >= 0.6 is 11.8 Å². The lowest BCUT2D eigenvalue weighted by molar-refractivity contribution is 0.483. The summed E-state index contributed by atoms with van der Waals surface area (Å²) in [6.45, 7) is 6.67. The molecular weight excluding hydrogens is 156 g/mol. The SMILES string of the molecule is CC(C)NCC1CSCCN1. The second kappa shape index (κ2) is 5.01. The van der Waals surface area contributed by atoms with Crippen molar-refractivity contribution in [2.75, 3.05) is 24.6 Å². The zero-order chi connectivity index (χ0) is 8.10. The summed E-state index contributed by atoms with van der Waals surface area (Å²) < 4.78 is 0. The summed E-state index contributed by atoms with van der Waals surface area (Å²) in [5, 5.41) is 6.93. The van der Waals surface area contributed by atoms with Gasteiger partial charge in [-0.15, -0.1) is 0 Å². The smallest absolute Gasteiger partial charge is 0.0283 e. The maximum atomic E-state index is 3.49. The first-order valence-electron chi connectivity index (χ1n) is 4.33. The molecule has 1 atom stereocenters. The van der Waals surface area contributed by atoms with Gasteiger partial charge in [0.1, 0.15) is 0 Å². The quantitative estimate of drug-likeness (QED) is 0.658. The van der Waals surface area contributed by atoms with E-state index in [1.54, 1.807) is 0 Å². The van der Waals surface area contributed by atoms with Crippen molar-refractivity contribution in [1.29, 1.82) is 0 Å². The molecule has 11 heavy (non-hydrogen) atoms. The molecule has 0 aromatic heterocycles. The molecule has 1 rings (SSSR count). The third kappa shape index (κ3) is 3.99. The lowest BCUT2D eigenvalue weighted by atomic mass is 10.3. The predicted octanol–water partition coefficient (Wildman–Crippen LogP) is 0.689. The molecule has 2 nitrogen and oxygen atoms in total. The summed E-state index contributed by atoms with van der Waals surface area (Å²) in [5.74, 6) is 2.54. The highest BCUT2D eigenvalue weighted by molar-refractivity contribution is 7.99. The average molecular weight is 174 g/mol. The number of thioether (sulfide) groups is 1. The second-order valence-corrected chi connectivity index (χ2v) is 4.44. The van der Waals surface area contributed by atoms with Crippen LogP contribution in [0.15, 0.2) is 0 Å². The molecule has 1 aliphatic rings. The molecule has 3 heteroatoms. The van der Waals surface area contributed by atoms with E-state index in [1.165, 1.54) is 18.1 Å². The van der Waals surface area contributed by atoms with Gasteiger partial charge in [0.15, 0.2) is 0 Å². The van der Waals surface area contributed by atoms with Gasteiger partial charge in [0.2, 0.25) is 0 Å². The first-order valence-corrected chi connectivity index (χ1v) is 5.49. The molecule has 0 saturated carbocycles. The summed E-state index contributed by atoms with van der Waals surface area (Å²) in [6.07, 6.45) is 0. The van der Waals surface area contributed by atoms with Gasteiger partial charge in [-0.05, 0) is 0 Å². The lowest BCUT2D eigenvalue weighted by Gasteiger charge is -2.24. The fraction of sp³-hybridized carbons (Fsp3) is 1.00. The number of nitrogens with one attached hydrogen (secondary N) is 2. The summed E-state index contributed by atoms with van der Waals surface area (Å²) in [4.78, 5) is 0. The van der Waals surface area contributed by atoms with E-state index in [-0.39, 0.29) is 0 Å². The maximum absolute atomic E-state index is 3.49. The Labute approximate surface area is 73.5 Å². The fourth-order valence-corrected chi connectivity index (χ4v) is 2.08. The fourth-order valence-electron chi connectivity index (χ4n) is 1.13. The monoisotopic (exact) mass is 174 g/mol. The molecule has 0 bridgehead atoms. The van der Waals surface area contributed by atoms with Crippen LogP contribution in [0.5, 0.6) is 0 Å². The highest BCUT2D eigenvalue weighted by Gasteiger charge is 2.11. The van der Waals surface area contributed by atoms with Gasteiger partial charge in [-0.25, -0.2) is 0 Å². The van der Waals surface area contributed by atoms with Gasteiger partial charge in [0.05, 0.1) is 0 Å². The zero-order valence-corrected chi connectivity index (χ0v) is 8.21. The Morgan fingerprint density at radius 1 is 1.64 bits per heavy atom. The lowest BCUT2D eigenvalue weighted by Crippen LogP contribution is -2.45. The Morgan fingerprint density at radius 3 is 3.00 bits per heavy atom. The largest absolute Gasteiger partial charge is 0.313 e. The molecule has 1 saturated heterocycles. The summed E-state index contributed by atoms with van der Waals surface area (Å²) in [7, 11) is 0. The summed E-state index contributed by atoms with van der Waals surface area (Å²) in [5.41, 5.74) is 0. The molecule has 2 N–H and O–H groups in total. The van der Waals surface area contributed by atoms with Crippen LogP contribution < -0.4 is 10.6 Å². The molecule has 1 heterocycles. The molecule has 0 aromatic rings. The maximum Gasteiger partial charge on any atom is 0.0283 e. The second-order valence-electron chi connectivity index (χ2n) is 3.29. The van der Waals surface area contributed by atoms with Crippen LogP contribution in [-0.4, -0.2) is 36.7 Å². The Kier molecular flexibility index (Phi) is 4.26. The van der Waals surface area contributed by atoms with Gasteiger partial charge < -0.3 is 10.6 Å². The summed E-state index contributed by atoms with van der Waals surface area (Å²) in [6, 6.07) is 1.31. The third-order valence-electron chi connectivity index (χ3n) is 1.77. The third-order valence-corrected chi connectivity index (χ3v) is 2.90. The Bertz CT molecular complexity index is 100. The summed E-state index contributed by atoms with van der Waals surface area (Å²) >= 11 is 2.05. The molecule has 0 amide bonds. The van der Waals surface area contributed by atoms with Crippen LogP contribution in [0, 0.1) is 0 Å². The topological polar surface area (TPSA) is 24.1 Å². The van der Waals surface area contributed by atoms with Gasteiger partial charge >= 0.3 is 0 Å². The molecule has 1 unspecified atom stereocenters. The minimum absolute atomic E-state index is 0.615. The van der Waals surface area contributed by atoms with Crippen LogP contribution in [0.25, 0.3) is 0 Å². The van der Waals surface area contributed by atoms with Gasteiger partial charge in [0.25, 0.3) is 0 Å². The molecule has 0 spiro atoms. The zero-order valence-electron chi connectivity index (χ0n) is 7.39. The first-order chi connectivity index (χ1) is 5.29. The Balaban J connectivity index is 2.05. The molecular formula is C8H18N2S. The van der Waals surface area contributed by atoms with E-state index in [4.69, 9.17) is 0 Å². The van der Waals surface area contributed by atoms with E-state index in [0.717, 1.165) is 6.54 Å². The van der Waals surface area contributed by atoms with Crippen LogP contribution in [-0.2, 0) is 0 Å². The molecule has 1 aliphatic heterocycles. The van der Waals surface area contributed by atoms with E-state index in [9.17, 15) is 0 Å². The highest BCUT2D eigenvalue weighted by atomic mass is 32.2. The first kappa shape index (κ1) is 9.36. The minimum atomic E-state index is 0.615. The minimum Gasteiger partial charge on any atom is -0.313 e. The van der Waals surface area contributed by atoms with E-state index in [0.29, 0.717) is 12.1 Å². The molecule has 66 valence electrons. The van der Waals surface area contributed by atoms with E-state index >= 15 is 0 Å². The molecule has 0 radical (unpaired) electrons. The Morgan fingerprint density at radius 2 is 2.45 bits per heavy atom. The van der Waals surface area contributed by atoms with Gasteiger partial charge in [-0.1, -0.05) is 13.8 Å². The van der Waals surface area contributed by atoms with Crippen molar-refractivity contribution in [3.63, 3.8) is 0 Å². The molecule has 1 fully saturated rings. The molecule has 0 aromatic carbocycles. The normalized spacial score (nSPS) is 25.9. The highest BCUT2D eigenvalue weighted by Crippen LogP contribution is 2.06. The van der Waals surface area contributed by atoms with Gasteiger partial charge in [-0.2, -0.15) is 11.8 Å². The van der Waals surface area contributed by atoms with Crippen LogP contribution in [0.3, 0.4) is 0 Å². The van der Waals surface area contributed by atoms with Crippen molar-refractivity contribution in [1.82, 2.24) is 10.6 Å². The molecule has 0 aliphatic carbocycles. The van der Waals surface area contributed by atoms with Crippen molar-refractivity contribution in [3.8, 4) is 0 Å². The van der Waals surface area contributed by atoms with Crippen molar-refractivity contribution in [2.24, 2.45) is 0 Å². The number of rotatable bonds is 3. The predicted molar refractivity (Wildman–Crippen MR) is 52.3 cm³/mol. The van der Waals surface area contributed by atoms with Crippen molar-refractivity contribution in [2.45, 2.75) is 25.9 Å². The van der Waals surface area contributed by atoms with Crippen molar-refractivity contribution >= 4 is 11.8 Å². The van der Waals surface area contributed by atoms with E-state index in [2.05, 4.69) is 36.2 Å². The van der Waals surface area contributed by atoms with Gasteiger partial charge in [-0.3, -0.25) is 0 Å². The van der Waals surface area contributed by atoms with Crippen LogP contribution in [0.4, 0.5) is 0 Å². The number of hydrogen-bond donors (Lipinski definition) is 2. The average Bonchev–Trinajstić information content (AvgIpc) is 2.03. The number of hydrogen-bond acceptors (Lipinski definition) is 3. The van der Waals surface area contributed by atoms with E-state index in [1.807, 2.05) is 0 Å². The van der Waals surface area contributed by atoms with Crippen LogP contribution in [0.2, 0.25) is 0 Å². The van der Waals surface area contributed by atoms with Crippen molar-refractivity contribution < 1.29 is 0 Å². The Hall–Kier alpha value is 0.270. The standard InChI is InChI=1S/C8H18N2S/c1-7(2)10-5-8-6-11-4-3-9-8/h7-10H,3-6H2,1-2H3. The van der Waals surface area contributed by atoms with Gasteiger partial charge in [0, 0.05) is 36.7 Å².